The maximum absolute atomic E-state index is 4.54. The monoisotopic (exact) mass is 332 g/mol. The zero-order chi connectivity index (χ0) is 14.5. The Balaban J connectivity index is 2.48. The Bertz CT molecular complexity index is 617. The summed E-state index contributed by atoms with van der Waals surface area (Å²) >= 11 is 3.60. The van der Waals surface area contributed by atoms with E-state index in [2.05, 4.69) is 71.3 Å². The lowest BCUT2D eigenvalue weighted by molar-refractivity contribution is 0.682. The predicted molar refractivity (Wildman–Crippen MR) is 90.8 cm³/mol. The summed E-state index contributed by atoms with van der Waals surface area (Å²) < 4.78 is 1.09. The van der Waals surface area contributed by atoms with E-state index >= 15 is 0 Å². The number of aromatic nitrogens is 1. The molecule has 0 saturated carbocycles. The molecule has 2 nitrogen and oxygen atoms in total. The Kier molecular flexibility index (Phi) is 5.32. The number of fused-ring (bicyclic) bond motifs is 1. The van der Waals surface area contributed by atoms with Crippen molar-refractivity contribution in [1.29, 1.82) is 0 Å². The number of likely N-dealkylation sites (N-methyl/N-ethyl adjacent to an activating group) is 1. The normalized spacial score (nSPS) is 12.3. The number of hydrogen-bond acceptors (Lipinski definition) is 2. The van der Waals surface area contributed by atoms with E-state index in [0.29, 0.717) is 5.92 Å². The molecule has 0 fully saturated rings. The Labute approximate surface area is 129 Å². The van der Waals surface area contributed by atoms with E-state index in [1.54, 1.807) is 0 Å². The third-order valence-corrected chi connectivity index (χ3v) is 4.10. The van der Waals surface area contributed by atoms with E-state index in [1.165, 1.54) is 11.1 Å². The van der Waals surface area contributed by atoms with Crippen molar-refractivity contribution < 1.29 is 0 Å². The van der Waals surface area contributed by atoms with E-state index in [1.807, 2.05) is 12.3 Å². The van der Waals surface area contributed by atoms with Crippen molar-refractivity contribution in [1.82, 2.24) is 10.3 Å². The number of pyridine rings is 1. The molecule has 0 amide bonds. The molecule has 2 aromatic rings. The molecule has 1 aromatic heterocycles. The molecule has 0 saturated heterocycles. The van der Waals surface area contributed by atoms with Gasteiger partial charge in [0, 0.05) is 28.2 Å². The Morgan fingerprint density at radius 2 is 2.15 bits per heavy atom. The molecule has 2 rings (SSSR count). The second-order valence-corrected chi connectivity index (χ2v) is 6.04. The van der Waals surface area contributed by atoms with Gasteiger partial charge in [0.1, 0.15) is 0 Å². The van der Waals surface area contributed by atoms with Crippen LogP contribution in [0.3, 0.4) is 0 Å². The predicted octanol–water partition coefficient (Wildman–Crippen LogP) is 4.65. The molecule has 1 heterocycles. The molecule has 1 aromatic carbocycles. The first-order valence-electron chi connectivity index (χ1n) is 7.08. The number of benzene rings is 1. The van der Waals surface area contributed by atoms with Crippen LogP contribution >= 0.6 is 15.9 Å². The molecule has 3 heteroatoms. The minimum absolute atomic E-state index is 0.524. The minimum Gasteiger partial charge on any atom is -0.313 e. The van der Waals surface area contributed by atoms with Crippen LogP contribution in [0.1, 0.15) is 26.3 Å². The summed E-state index contributed by atoms with van der Waals surface area (Å²) in [5.74, 6) is 0.524. The van der Waals surface area contributed by atoms with E-state index in [4.69, 9.17) is 0 Å². The molecule has 20 heavy (non-hydrogen) atoms. The summed E-state index contributed by atoms with van der Waals surface area (Å²) in [7, 11) is 0. The third-order valence-electron chi connectivity index (χ3n) is 3.41. The summed E-state index contributed by atoms with van der Waals surface area (Å²) in [6.45, 7) is 8.52. The molecule has 0 bridgehead atoms. The molecule has 0 spiro atoms. The third kappa shape index (κ3) is 3.47. The first-order chi connectivity index (χ1) is 9.63. The van der Waals surface area contributed by atoms with Crippen LogP contribution in [-0.4, -0.2) is 18.1 Å². The van der Waals surface area contributed by atoms with Gasteiger partial charge in [-0.2, -0.15) is 0 Å². The van der Waals surface area contributed by atoms with E-state index in [-0.39, 0.29) is 0 Å². The molecule has 106 valence electrons. The molecule has 1 N–H and O–H groups in total. The van der Waals surface area contributed by atoms with Crippen molar-refractivity contribution in [3.8, 4) is 0 Å². The fourth-order valence-corrected chi connectivity index (χ4v) is 2.62. The van der Waals surface area contributed by atoms with Crippen molar-refractivity contribution in [2.45, 2.75) is 20.8 Å². The second kappa shape index (κ2) is 7.00. The number of hydrogen-bond donors (Lipinski definition) is 1. The molecule has 0 radical (unpaired) electrons. The van der Waals surface area contributed by atoms with Crippen LogP contribution < -0.4 is 5.32 Å². The highest BCUT2D eigenvalue weighted by molar-refractivity contribution is 9.10. The summed E-state index contributed by atoms with van der Waals surface area (Å²) in [6, 6.07) is 8.31. The van der Waals surface area contributed by atoms with Crippen LogP contribution in [0.15, 0.2) is 40.5 Å². The van der Waals surface area contributed by atoms with Crippen LogP contribution in [0, 0.1) is 5.92 Å². The maximum atomic E-state index is 4.54. The van der Waals surface area contributed by atoms with Crippen molar-refractivity contribution in [2.24, 2.45) is 5.92 Å². The molecular formula is C17H21BrN2. The standard InChI is InChI=1S/C17H21BrN2/c1-4-19-11-14(12(2)3)10-13-7-8-16(18)15-6-5-9-20-17(13)15/h5-10,12,19H,4,11H2,1-3H3/b14-10-. The van der Waals surface area contributed by atoms with Crippen molar-refractivity contribution in [3.05, 3.63) is 46.1 Å². The molecule has 0 unspecified atom stereocenters. The topological polar surface area (TPSA) is 24.9 Å². The number of halogens is 1. The van der Waals surface area contributed by atoms with Crippen molar-refractivity contribution in [2.75, 3.05) is 13.1 Å². The van der Waals surface area contributed by atoms with Gasteiger partial charge in [0.05, 0.1) is 5.52 Å². The fraction of sp³-hybridized carbons (Fsp3) is 0.353. The summed E-state index contributed by atoms with van der Waals surface area (Å²) in [4.78, 5) is 4.54. The summed E-state index contributed by atoms with van der Waals surface area (Å²) in [5.41, 5.74) is 3.64. The van der Waals surface area contributed by atoms with Crippen LogP contribution in [0.5, 0.6) is 0 Å². The first-order valence-corrected chi connectivity index (χ1v) is 7.87. The molecule has 0 aliphatic carbocycles. The summed E-state index contributed by atoms with van der Waals surface area (Å²) in [6.07, 6.45) is 4.13. The smallest absolute Gasteiger partial charge is 0.0785 e. The van der Waals surface area contributed by atoms with E-state index in [0.717, 1.165) is 28.5 Å². The number of nitrogens with zero attached hydrogens (tertiary/aromatic N) is 1. The van der Waals surface area contributed by atoms with Crippen LogP contribution in [0.25, 0.3) is 17.0 Å². The van der Waals surface area contributed by atoms with Gasteiger partial charge in [-0.05, 0) is 24.6 Å². The molecule has 0 aliphatic heterocycles. The van der Waals surface area contributed by atoms with E-state index < -0.39 is 0 Å². The highest BCUT2D eigenvalue weighted by Crippen LogP contribution is 2.27. The average Bonchev–Trinajstić information content (AvgIpc) is 2.45. The first kappa shape index (κ1) is 15.2. The highest BCUT2D eigenvalue weighted by atomic mass is 79.9. The lowest BCUT2D eigenvalue weighted by atomic mass is 9.99. The van der Waals surface area contributed by atoms with Crippen molar-refractivity contribution >= 4 is 32.9 Å². The maximum Gasteiger partial charge on any atom is 0.0785 e. The van der Waals surface area contributed by atoms with Gasteiger partial charge in [-0.25, -0.2) is 0 Å². The SMILES string of the molecule is CCNC/C(=C/c1ccc(Br)c2cccnc12)C(C)C. The fourth-order valence-electron chi connectivity index (χ4n) is 2.17. The minimum atomic E-state index is 0.524. The van der Waals surface area contributed by atoms with Gasteiger partial charge in [-0.1, -0.05) is 60.5 Å². The number of nitrogens with one attached hydrogen (secondary N) is 1. The zero-order valence-corrected chi connectivity index (χ0v) is 13.9. The van der Waals surface area contributed by atoms with Gasteiger partial charge in [0.15, 0.2) is 0 Å². The largest absolute Gasteiger partial charge is 0.313 e. The Morgan fingerprint density at radius 1 is 1.35 bits per heavy atom. The van der Waals surface area contributed by atoms with Gasteiger partial charge in [-0.3, -0.25) is 4.98 Å². The van der Waals surface area contributed by atoms with Gasteiger partial charge in [0.2, 0.25) is 0 Å². The second-order valence-electron chi connectivity index (χ2n) is 5.19. The van der Waals surface area contributed by atoms with Crippen LogP contribution in [0.4, 0.5) is 0 Å². The van der Waals surface area contributed by atoms with Gasteiger partial charge in [0.25, 0.3) is 0 Å². The van der Waals surface area contributed by atoms with Crippen molar-refractivity contribution in [3.63, 3.8) is 0 Å². The highest BCUT2D eigenvalue weighted by Gasteiger charge is 2.07. The molecular weight excluding hydrogens is 312 g/mol. The lowest BCUT2D eigenvalue weighted by Gasteiger charge is -2.13. The van der Waals surface area contributed by atoms with Gasteiger partial charge in [-0.15, -0.1) is 0 Å². The lowest BCUT2D eigenvalue weighted by Crippen LogP contribution is -2.18. The zero-order valence-electron chi connectivity index (χ0n) is 12.3. The average molecular weight is 333 g/mol. The quantitative estimate of drug-likeness (QED) is 0.862. The molecule has 0 atom stereocenters. The number of rotatable bonds is 5. The van der Waals surface area contributed by atoms with Crippen LogP contribution in [0.2, 0.25) is 0 Å². The van der Waals surface area contributed by atoms with Gasteiger partial charge >= 0.3 is 0 Å². The van der Waals surface area contributed by atoms with Gasteiger partial charge < -0.3 is 5.32 Å². The van der Waals surface area contributed by atoms with E-state index in [9.17, 15) is 0 Å². The Hall–Kier alpha value is -1.19. The summed E-state index contributed by atoms with van der Waals surface area (Å²) in [5, 5.41) is 4.57. The molecule has 0 aliphatic rings. The van der Waals surface area contributed by atoms with Crippen LogP contribution in [-0.2, 0) is 0 Å². The Morgan fingerprint density at radius 3 is 2.85 bits per heavy atom.